The number of pyridine rings is 1. The van der Waals surface area contributed by atoms with Crippen molar-refractivity contribution in [2.45, 2.75) is 13.5 Å². The number of aliphatic hydroxyl groups excluding tert-OH is 1. The Labute approximate surface area is 103 Å². The monoisotopic (exact) mass is 251 g/mol. The van der Waals surface area contributed by atoms with E-state index in [2.05, 4.69) is 4.98 Å². The Hall–Kier alpha value is -2.01. The van der Waals surface area contributed by atoms with E-state index < -0.39 is 18.2 Å². The van der Waals surface area contributed by atoms with Crippen LogP contribution in [0.3, 0.4) is 0 Å². The normalized spacial score (nSPS) is 10.4. The van der Waals surface area contributed by atoms with Gasteiger partial charge in [-0.05, 0) is 24.6 Å². The summed E-state index contributed by atoms with van der Waals surface area (Å²) in [5.41, 5.74) is 0.737. The quantitative estimate of drug-likeness (QED) is 0.911. The molecule has 0 aliphatic rings. The fourth-order valence-electron chi connectivity index (χ4n) is 1.44. The molecular weight excluding hydrogens is 240 g/mol. The lowest BCUT2D eigenvalue weighted by Gasteiger charge is -2.09. The molecule has 0 spiro atoms. The van der Waals surface area contributed by atoms with Gasteiger partial charge in [0.2, 0.25) is 0 Å². The van der Waals surface area contributed by atoms with E-state index in [1.807, 2.05) is 0 Å². The van der Waals surface area contributed by atoms with E-state index in [9.17, 15) is 8.78 Å². The molecule has 0 aliphatic carbocycles. The van der Waals surface area contributed by atoms with E-state index in [4.69, 9.17) is 9.84 Å². The molecule has 0 saturated carbocycles. The van der Waals surface area contributed by atoms with Gasteiger partial charge in [0.25, 0.3) is 5.88 Å². The fourth-order valence-corrected chi connectivity index (χ4v) is 1.44. The Balaban J connectivity index is 2.37. The highest BCUT2D eigenvalue weighted by atomic mass is 19.1. The van der Waals surface area contributed by atoms with Crippen molar-refractivity contribution >= 4 is 0 Å². The van der Waals surface area contributed by atoms with E-state index in [1.165, 1.54) is 24.4 Å². The van der Waals surface area contributed by atoms with Crippen molar-refractivity contribution in [2.24, 2.45) is 0 Å². The number of benzene rings is 1. The van der Waals surface area contributed by atoms with Gasteiger partial charge in [-0.3, -0.25) is 0 Å². The minimum absolute atomic E-state index is 0.0778. The molecule has 94 valence electrons. The standard InChI is InChI=1S/C13H11F2NO2/c1-8-2-3-10(14)6-11(8)18-13-12(15)9(7-17)4-5-16-13/h2-6,17H,7H2,1H3. The van der Waals surface area contributed by atoms with Crippen LogP contribution in [0.5, 0.6) is 11.6 Å². The number of nitrogens with zero attached hydrogens (tertiary/aromatic N) is 1. The first-order valence-corrected chi connectivity index (χ1v) is 5.30. The summed E-state index contributed by atoms with van der Waals surface area (Å²) in [6, 6.07) is 5.32. The zero-order valence-electron chi connectivity index (χ0n) is 9.65. The van der Waals surface area contributed by atoms with Gasteiger partial charge in [0.05, 0.1) is 6.61 Å². The maximum atomic E-state index is 13.7. The highest BCUT2D eigenvalue weighted by Gasteiger charge is 2.12. The fraction of sp³-hybridized carbons (Fsp3) is 0.154. The lowest BCUT2D eigenvalue weighted by atomic mass is 10.2. The summed E-state index contributed by atoms with van der Waals surface area (Å²) in [5, 5.41) is 8.92. The first kappa shape index (κ1) is 12.4. The van der Waals surface area contributed by atoms with Crippen molar-refractivity contribution in [2.75, 3.05) is 0 Å². The Morgan fingerprint density at radius 1 is 1.28 bits per heavy atom. The average Bonchev–Trinajstić information content (AvgIpc) is 2.36. The molecule has 0 saturated heterocycles. The molecule has 0 atom stereocenters. The molecule has 5 heteroatoms. The van der Waals surface area contributed by atoms with Crippen LogP contribution in [0.2, 0.25) is 0 Å². The van der Waals surface area contributed by atoms with E-state index in [0.717, 1.165) is 6.07 Å². The van der Waals surface area contributed by atoms with Crippen LogP contribution in [-0.2, 0) is 6.61 Å². The van der Waals surface area contributed by atoms with Gasteiger partial charge >= 0.3 is 0 Å². The molecule has 0 aliphatic heterocycles. The summed E-state index contributed by atoms with van der Waals surface area (Å²) in [6.07, 6.45) is 1.32. The molecule has 0 unspecified atom stereocenters. The Morgan fingerprint density at radius 3 is 2.78 bits per heavy atom. The molecule has 0 amide bonds. The van der Waals surface area contributed by atoms with Crippen LogP contribution in [-0.4, -0.2) is 10.1 Å². The maximum absolute atomic E-state index is 13.7. The van der Waals surface area contributed by atoms with Crippen LogP contribution < -0.4 is 4.74 Å². The van der Waals surface area contributed by atoms with Crippen LogP contribution in [0, 0.1) is 18.6 Å². The molecule has 1 N–H and O–H groups in total. The summed E-state index contributed by atoms with van der Waals surface area (Å²) >= 11 is 0. The Kier molecular flexibility index (Phi) is 3.53. The van der Waals surface area contributed by atoms with Crippen molar-refractivity contribution in [1.29, 1.82) is 0 Å². The third-order valence-corrected chi connectivity index (χ3v) is 2.46. The molecule has 0 fully saturated rings. The van der Waals surface area contributed by atoms with Crippen molar-refractivity contribution in [1.82, 2.24) is 4.98 Å². The van der Waals surface area contributed by atoms with Crippen LogP contribution in [0.1, 0.15) is 11.1 Å². The number of aliphatic hydroxyl groups is 1. The molecule has 2 aromatic rings. The van der Waals surface area contributed by atoms with Crippen LogP contribution in [0.25, 0.3) is 0 Å². The first-order valence-electron chi connectivity index (χ1n) is 5.30. The van der Waals surface area contributed by atoms with E-state index in [-0.39, 0.29) is 17.2 Å². The third-order valence-electron chi connectivity index (χ3n) is 2.46. The summed E-state index contributed by atoms with van der Waals surface area (Å²) in [6.45, 7) is 1.26. The van der Waals surface area contributed by atoms with E-state index in [0.29, 0.717) is 5.56 Å². The average molecular weight is 251 g/mol. The molecule has 2 rings (SSSR count). The topological polar surface area (TPSA) is 42.4 Å². The van der Waals surface area contributed by atoms with Crippen molar-refractivity contribution in [3.63, 3.8) is 0 Å². The Bertz CT molecular complexity index is 573. The van der Waals surface area contributed by atoms with Gasteiger partial charge in [-0.2, -0.15) is 0 Å². The molecule has 1 heterocycles. The zero-order chi connectivity index (χ0) is 13.1. The predicted molar refractivity (Wildman–Crippen MR) is 61.3 cm³/mol. The molecule has 0 radical (unpaired) electrons. The number of aryl methyl sites for hydroxylation is 1. The summed E-state index contributed by atoms with van der Waals surface area (Å²) < 4.78 is 32.0. The second-order valence-electron chi connectivity index (χ2n) is 3.76. The van der Waals surface area contributed by atoms with Gasteiger partial charge < -0.3 is 9.84 Å². The minimum atomic E-state index is -0.747. The largest absolute Gasteiger partial charge is 0.436 e. The molecule has 1 aromatic heterocycles. The molecule has 1 aromatic carbocycles. The van der Waals surface area contributed by atoms with Crippen molar-refractivity contribution < 1.29 is 18.6 Å². The second-order valence-corrected chi connectivity index (χ2v) is 3.76. The number of ether oxygens (including phenoxy) is 1. The second kappa shape index (κ2) is 5.10. The van der Waals surface area contributed by atoms with E-state index >= 15 is 0 Å². The van der Waals surface area contributed by atoms with Gasteiger partial charge in [0, 0.05) is 17.8 Å². The minimum Gasteiger partial charge on any atom is -0.436 e. The first-order chi connectivity index (χ1) is 8.61. The summed E-state index contributed by atoms with van der Waals surface area (Å²) in [7, 11) is 0. The van der Waals surface area contributed by atoms with Crippen LogP contribution in [0.4, 0.5) is 8.78 Å². The molecule has 18 heavy (non-hydrogen) atoms. The van der Waals surface area contributed by atoms with Crippen molar-refractivity contribution in [3.05, 3.63) is 53.2 Å². The van der Waals surface area contributed by atoms with Crippen LogP contribution in [0.15, 0.2) is 30.5 Å². The SMILES string of the molecule is Cc1ccc(F)cc1Oc1nccc(CO)c1F. The molecule has 0 bridgehead atoms. The smallest absolute Gasteiger partial charge is 0.256 e. The lowest BCUT2D eigenvalue weighted by molar-refractivity contribution is 0.272. The summed E-state index contributed by atoms with van der Waals surface area (Å²) in [5.74, 6) is -1.32. The highest BCUT2D eigenvalue weighted by molar-refractivity contribution is 5.36. The predicted octanol–water partition coefficient (Wildman–Crippen LogP) is 2.95. The van der Waals surface area contributed by atoms with Gasteiger partial charge in [-0.15, -0.1) is 0 Å². The highest BCUT2D eigenvalue weighted by Crippen LogP contribution is 2.27. The third kappa shape index (κ3) is 2.46. The van der Waals surface area contributed by atoms with Gasteiger partial charge in [-0.25, -0.2) is 13.8 Å². The Morgan fingerprint density at radius 2 is 2.06 bits per heavy atom. The van der Waals surface area contributed by atoms with Crippen LogP contribution >= 0.6 is 0 Å². The lowest BCUT2D eigenvalue weighted by Crippen LogP contribution is -1.98. The number of hydrogen-bond donors (Lipinski definition) is 1. The van der Waals surface area contributed by atoms with Gasteiger partial charge in [-0.1, -0.05) is 6.07 Å². The van der Waals surface area contributed by atoms with Gasteiger partial charge in [0.1, 0.15) is 11.6 Å². The zero-order valence-corrected chi connectivity index (χ0v) is 9.65. The number of halogens is 2. The maximum Gasteiger partial charge on any atom is 0.256 e. The number of rotatable bonds is 3. The van der Waals surface area contributed by atoms with Crippen molar-refractivity contribution in [3.8, 4) is 11.6 Å². The number of aromatic nitrogens is 1. The molecule has 3 nitrogen and oxygen atoms in total. The summed E-state index contributed by atoms with van der Waals surface area (Å²) in [4.78, 5) is 3.72. The van der Waals surface area contributed by atoms with E-state index in [1.54, 1.807) is 6.92 Å². The molecular formula is C13H11F2NO2. The van der Waals surface area contributed by atoms with Gasteiger partial charge in [0.15, 0.2) is 5.82 Å². The number of hydrogen-bond acceptors (Lipinski definition) is 3.